The Balaban J connectivity index is 1.91. The molecule has 2 fully saturated rings. The third-order valence-corrected chi connectivity index (χ3v) is 3.27. The predicted octanol–water partition coefficient (Wildman–Crippen LogP) is 0.797. The number of rotatable bonds is 1. The summed E-state index contributed by atoms with van der Waals surface area (Å²) in [5.41, 5.74) is -0.519. The number of ether oxygens (including phenoxy) is 1. The Morgan fingerprint density at radius 2 is 2.00 bits per heavy atom. The van der Waals surface area contributed by atoms with Gasteiger partial charge in [0.1, 0.15) is 5.60 Å². The summed E-state index contributed by atoms with van der Waals surface area (Å²) in [4.78, 5) is 38.0. The van der Waals surface area contributed by atoms with Crippen molar-refractivity contribution in [2.45, 2.75) is 45.3 Å². The lowest BCUT2D eigenvalue weighted by atomic mass is 10.2. The normalized spacial score (nSPS) is 24.3. The van der Waals surface area contributed by atoms with Crippen molar-refractivity contribution in [1.82, 2.24) is 9.80 Å². The molecule has 0 N–H and O–H groups in total. The number of Topliss-reactive ketones (excluding diaryl/α,β-unsaturated/α-hetero) is 1. The van der Waals surface area contributed by atoms with E-state index in [-0.39, 0.29) is 36.8 Å². The van der Waals surface area contributed by atoms with E-state index in [2.05, 4.69) is 0 Å². The maximum atomic E-state index is 11.9. The van der Waals surface area contributed by atoms with Crippen LogP contribution in [-0.2, 0) is 14.3 Å². The lowest BCUT2D eigenvalue weighted by Crippen LogP contribution is -2.41. The van der Waals surface area contributed by atoms with E-state index in [4.69, 9.17) is 4.74 Å². The molecule has 6 nitrogen and oxygen atoms in total. The number of ketones is 1. The van der Waals surface area contributed by atoms with Crippen LogP contribution < -0.4 is 0 Å². The van der Waals surface area contributed by atoms with Crippen LogP contribution in [0.1, 0.15) is 33.6 Å². The van der Waals surface area contributed by atoms with Crippen LogP contribution >= 0.6 is 0 Å². The smallest absolute Gasteiger partial charge is 0.410 e. The first kappa shape index (κ1) is 13.8. The van der Waals surface area contributed by atoms with Crippen LogP contribution in [0.25, 0.3) is 0 Å². The highest BCUT2D eigenvalue weighted by Crippen LogP contribution is 2.21. The summed E-state index contributed by atoms with van der Waals surface area (Å²) in [5, 5.41) is 0. The number of amides is 2. The molecule has 0 aliphatic carbocycles. The van der Waals surface area contributed by atoms with Gasteiger partial charge in [-0.2, -0.15) is 0 Å². The summed E-state index contributed by atoms with van der Waals surface area (Å²) in [5.74, 6) is -0.165. The van der Waals surface area contributed by atoms with Gasteiger partial charge in [-0.3, -0.25) is 9.59 Å². The predicted molar refractivity (Wildman–Crippen MR) is 67.5 cm³/mol. The van der Waals surface area contributed by atoms with E-state index in [0.717, 1.165) is 0 Å². The highest BCUT2D eigenvalue weighted by molar-refractivity contribution is 6.05. The molecule has 2 saturated heterocycles. The summed E-state index contributed by atoms with van der Waals surface area (Å²) in [6.07, 6.45) is 0.356. The van der Waals surface area contributed by atoms with E-state index in [1.54, 1.807) is 9.80 Å². The highest BCUT2D eigenvalue weighted by Gasteiger charge is 2.38. The Labute approximate surface area is 112 Å². The van der Waals surface area contributed by atoms with E-state index < -0.39 is 5.60 Å². The Morgan fingerprint density at radius 1 is 1.32 bits per heavy atom. The standard InChI is InChI=1S/C13H20N2O4/c1-13(2,3)19-12(18)14-5-4-9(7-14)15-8-10(16)6-11(15)17/h9H,4-8H2,1-3H3. The van der Waals surface area contributed by atoms with Gasteiger partial charge in [-0.05, 0) is 27.2 Å². The number of likely N-dealkylation sites (tertiary alicyclic amines) is 2. The molecule has 6 heteroatoms. The summed E-state index contributed by atoms with van der Waals surface area (Å²) >= 11 is 0. The van der Waals surface area contributed by atoms with E-state index in [0.29, 0.717) is 19.5 Å². The molecule has 106 valence electrons. The molecule has 0 spiro atoms. The van der Waals surface area contributed by atoms with Gasteiger partial charge < -0.3 is 14.5 Å². The number of nitrogens with zero attached hydrogens (tertiary/aromatic N) is 2. The van der Waals surface area contributed by atoms with Crippen LogP contribution in [0.5, 0.6) is 0 Å². The minimum Gasteiger partial charge on any atom is -0.444 e. The zero-order valence-electron chi connectivity index (χ0n) is 11.6. The van der Waals surface area contributed by atoms with Gasteiger partial charge in [0.15, 0.2) is 5.78 Å². The first-order valence-electron chi connectivity index (χ1n) is 6.55. The molecule has 0 aromatic heterocycles. The molecule has 0 aromatic rings. The van der Waals surface area contributed by atoms with Crippen LogP contribution in [-0.4, -0.2) is 58.9 Å². The van der Waals surface area contributed by atoms with Crippen LogP contribution in [0, 0.1) is 0 Å². The molecular formula is C13H20N2O4. The van der Waals surface area contributed by atoms with Gasteiger partial charge in [0.05, 0.1) is 19.0 Å². The van der Waals surface area contributed by atoms with Crippen molar-refractivity contribution in [3.05, 3.63) is 0 Å². The molecule has 0 saturated carbocycles. The molecule has 2 amide bonds. The van der Waals surface area contributed by atoms with Crippen molar-refractivity contribution in [2.75, 3.05) is 19.6 Å². The molecule has 19 heavy (non-hydrogen) atoms. The summed E-state index contributed by atoms with van der Waals surface area (Å²) in [6.45, 7) is 6.67. The van der Waals surface area contributed by atoms with E-state index in [9.17, 15) is 14.4 Å². The number of carbonyl (C=O) groups is 3. The number of carbonyl (C=O) groups excluding carboxylic acids is 3. The lowest BCUT2D eigenvalue weighted by Gasteiger charge is -2.26. The third kappa shape index (κ3) is 3.24. The second-order valence-electron chi connectivity index (χ2n) is 6.11. The molecule has 2 aliphatic rings. The Hall–Kier alpha value is -1.59. The molecule has 1 unspecified atom stereocenters. The first-order valence-corrected chi connectivity index (χ1v) is 6.55. The van der Waals surface area contributed by atoms with Crippen LogP contribution in [0.3, 0.4) is 0 Å². The fraction of sp³-hybridized carbons (Fsp3) is 0.769. The molecular weight excluding hydrogens is 248 g/mol. The lowest BCUT2D eigenvalue weighted by molar-refractivity contribution is -0.129. The number of hydrogen-bond donors (Lipinski definition) is 0. The van der Waals surface area contributed by atoms with Crippen molar-refractivity contribution in [2.24, 2.45) is 0 Å². The molecule has 0 aromatic carbocycles. The summed E-state index contributed by atoms with van der Waals surface area (Å²) in [6, 6.07) is -0.0496. The minimum absolute atomic E-state index is 0.00291. The average molecular weight is 268 g/mol. The first-order chi connectivity index (χ1) is 8.76. The Bertz CT molecular complexity index is 413. The van der Waals surface area contributed by atoms with Gasteiger partial charge in [0.25, 0.3) is 0 Å². The maximum absolute atomic E-state index is 11.9. The van der Waals surface area contributed by atoms with Crippen molar-refractivity contribution < 1.29 is 19.1 Å². The second-order valence-corrected chi connectivity index (χ2v) is 6.11. The Kier molecular flexibility index (Phi) is 3.52. The zero-order chi connectivity index (χ0) is 14.2. The fourth-order valence-electron chi connectivity index (χ4n) is 2.43. The molecule has 0 radical (unpaired) electrons. The molecule has 2 aliphatic heterocycles. The second kappa shape index (κ2) is 4.83. The summed E-state index contributed by atoms with van der Waals surface area (Å²) in [7, 11) is 0. The van der Waals surface area contributed by atoms with E-state index >= 15 is 0 Å². The minimum atomic E-state index is -0.519. The van der Waals surface area contributed by atoms with Gasteiger partial charge in [-0.25, -0.2) is 4.79 Å². The Morgan fingerprint density at radius 3 is 2.53 bits per heavy atom. The average Bonchev–Trinajstić information content (AvgIpc) is 2.82. The van der Waals surface area contributed by atoms with Crippen molar-refractivity contribution in [1.29, 1.82) is 0 Å². The molecule has 0 bridgehead atoms. The number of hydrogen-bond acceptors (Lipinski definition) is 4. The van der Waals surface area contributed by atoms with Crippen LogP contribution in [0.4, 0.5) is 4.79 Å². The zero-order valence-corrected chi connectivity index (χ0v) is 11.6. The van der Waals surface area contributed by atoms with Gasteiger partial charge >= 0.3 is 6.09 Å². The van der Waals surface area contributed by atoms with E-state index in [1.165, 1.54) is 0 Å². The SMILES string of the molecule is CC(C)(C)OC(=O)N1CCC(N2CC(=O)CC2=O)C1. The topological polar surface area (TPSA) is 66.9 Å². The quantitative estimate of drug-likeness (QED) is 0.660. The maximum Gasteiger partial charge on any atom is 0.410 e. The molecule has 1 atom stereocenters. The van der Waals surface area contributed by atoms with Gasteiger partial charge in [0, 0.05) is 13.1 Å². The van der Waals surface area contributed by atoms with Gasteiger partial charge in [0.2, 0.25) is 5.91 Å². The molecule has 2 heterocycles. The van der Waals surface area contributed by atoms with E-state index in [1.807, 2.05) is 20.8 Å². The van der Waals surface area contributed by atoms with Crippen molar-refractivity contribution in [3.8, 4) is 0 Å². The van der Waals surface area contributed by atoms with Crippen molar-refractivity contribution in [3.63, 3.8) is 0 Å². The van der Waals surface area contributed by atoms with Crippen LogP contribution in [0.2, 0.25) is 0 Å². The van der Waals surface area contributed by atoms with Crippen LogP contribution in [0.15, 0.2) is 0 Å². The highest BCUT2D eigenvalue weighted by atomic mass is 16.6. The summed E-state index contributed by atoms with van der Waals surface area (Å²) < 4.78 is 5.30. The largest absolute Gasteiger partial charge is 0.444 e. The van der Waals surface area contributed by atoms with Crippen molar-refractivity contribution >= 4 is 17.8 Å². The van der Waals surface area contributed by atoms with Gasteiger partial charge in [-0.15, -0.1) is 0 Å². The monoisotopic (exact) mass is 268 g/mol. The van der Waals surface area contributed by atoms with Gasteiger partial charge in [-0.1, -0.05) is 0 Å². The molecule has 2 rings (SSSR count). The fourth-order valence-corrected chi connectivity index (χ4v) is 2.43. The third-order valence-electron chi connectivity index (χ3n) is 3.27.